The molecule has 0 aliphatic carbocycles. The van der Waals surface area contributed by atoms with Gasteiger partial charge in [0.1, 0.15) is 11.8 Å². The first-order valence-corrected chi connectivity index (χ1v) is 10.1. The van der Waals surface area contributed by atoms with Gasteiger partial charge in [0.25, 0.3) is 5.91 Å². The number of anilines is 1. The topological polar surface area (TPSA) is 95.3 Å². The third-order valence-electron chi connectivity index (χ3n) is 5.06. The largest absolute Gasteiger partial charge is 0.384 e. The number of aromatic nitrogens is 2. The van der Waals surface area contributed by atoms with Gasteiger partial charge in [0, 0.05) is 5.69 Å². The van der Waals surface area contributed by atoms with Crippen molar-refractivity contribution in [2.75, 3.05) is 5.32 Å². The molecule has 0 aliphatic heterocycles. The first-order valence-electron chi connectivity index (χ1n) is 10.1. The molecule has 1 heterocycles. The Balaban J connectivity index is 1.60. The average Bonchev–Trinajstić information content (AvgIpc) is 3.25. The third kappa shape index (κ3) is 4.64. The Labute approximate surface area is 191 Å². The van der Waals surface area contributed by atoms with Gasteiger partial charge in [0.2, 0.25) is 0 Å². The number of aliphatic hydroxyl groups excluding tert-OH is 1. The zero-order chi connectivity index (χ0) is 23.4. The molecule has 1 aromatic heterocycles. The second-order valence-corrected chi connectivity index (χ2v) is 7.43. The molecule has 0 bridgehead atoms. The number of aryl methyl sites for hydroxylation is 1. The van der Waals surface area contributed by atoms with Gasteiger partial charge in [-0.05, 0) is 60.5 Å². The van der Waals surface area contributed by atoms with Gasteiger partial charge in [-0.25, -0.2) is 9.53 Å². The third-order valence-corrected chi connectivity index (χ3v) is 5.06. The molecular weight excluding hydrogens is 414 g/mol. The number of hydrogen-bond acceptors (Lipinski definition) is 4. The van der Waals surface area contributed by atoms with E-state index in [-0.39, 0.29) is 5.91 Å². The van der Waals surface area contributed by atoms with Gasteiger partial charge in [0.15, 0.2) is 5.69 Å². The van der Waals surface area contributed by atoms with Crippen LogP contribution in [0.5, 0.6) is 0 Å². The van der Waals surface area contributed by atoms with Crippen molar-refractivity contribution in [2.45, 2.75) is 13.0 Å². The summed E-state index contributed by atoms with van der Waals surface area (Å²) in [5, 5.41) is 27.1. The van der Waals surface area contributed by atoms with Gasteiger partial charge in [-0.3, -0.25) is 4.79 Å². The summed E-state index contributed by atoms with van der Waals surface area (Å²) < 4.78 is 1.51. The molecule has 4 rings (SSSR count). The highest BCUT2D eigenvalue weighted by molar-refractivity contribution is 6.03. The number of nitrogens with zero attached hydrogens (tertiary/aromatic N) is 4. The second kappa shape index (κ2) is 9.19. The highest BCUT2D eigenvalue weighted by Crippen LogP contribution is 2.25. The maximum Gasteiger partial charge on any atom is 0.274 e. The monoisotopic (exact) mass is 433 g/mol. The Morgan fingerprint density at radius 2 is 1.82 bits per heavy atom. The van der Waals surface area contributed by atoms with Crippen molar-refractivity contribution < 1.29 is 9.90 Å². The Morgan fingerprint density at radius 3 is 2.58 bits per heavy atom. The Morgan fingerprint density at radius 1 is 1.09 bits per heavy atom. The second-order valence-electron chi connectivity index (χ2n) is 7.43. The summed E-state index contributed by atoms with van der Waals surface area (Å²) in [6.45, 7) is 9.00. The van der Waals surface area contributed by atoms with Crippen LogP contribution in [0.1, 0.15) is 39.0 Å². The van der Waals surface area contributed by atoms with Crippen molar-refractivity contribution in [2.24, 2.45) is 0 Å². The lowest BCUT2D eigenvalue weighted by Crippen LogP contribution is -2.17. The normalized spacial score (nSPS) is 11.3. The molecule has 0 radical (unpaired) electrons. The van der Waals surface area contributed by atoms with Crippen LogP contribution in [0.2, 0.25) is 0 Å². The number of aliphatic hydroxyl groups is 1. The molecule has 1 unspecified atom stereocenters. The van der Waals surface area contributed by atoms with E-state index in [2.05, 4.69) is 21.3 Å². The summed E-state index contributed by atoms with van der Waals surface area (Å²) in [6, 6.07) is 24.3. The zero-order valence-electron chi connectivity index (χ0n) is 17.7. The van der Waals surface area contributed by atoms with E-state index in [1.165, 1.54) is 4.68 Å². The van der Waals surface area contributed by atoms with Crippen molar-refractivity contribution >= 4 is 17.3 Å². The van der Waals surface area contributed by atoms with E-state index in [0.29, 0.717) is 45.1 Å². The molecular formula is C26H19N5O2. The number of benzene rings is 3. The fourth-order valence-electron chi connectivity index (χ4n) is 3.50. The lowest BCUT2D eigenvalue weighted by atomic mass is 9.99. The molecule has 33 heavy (non-hydrogen) atoms. The highest BCUT2D eigenvalue weighted by atomic mass is 16.3. The number of nitriles is 1. The first kappa shape index (κ1) is 21.5. The number of carbonyl (C=O) groups excluding carboxylic acids is 1. The maximum atomic E-state index is 13.1. The van der Waals surface area contributed by atoms with Crippen LogP contribution in [-0.2, 0) is 0 Å². The van der Waals surface area contributed by atoms with Gasteiger partial charge in [-0.1, -0.05) is 36.4 Å². The highest BCUT2D eigenvalue weighted by Gasteiger charge is 2.17. The molecule has 4 aromatic rings. The minimum absolute atomic E-state index is 0.322. The van der Waals surface area contributed by atoms with Gasteiger partial charge < -0.3 is 10.4 Å². The summed E-state index contributed by atoms with van der Waals surface area (Å²) in [6.07, 6.45) is -0.945. The summed E-state index contributed by atoms with van der Waals surface area (Å²) in [5.41, 5.74) is 4.19. The van der Waals surface area contributed by atoms with Crippen molar-refractivity contribution in [1.82, 2.24) is 9.78 Å². The summed E-state index contributed by atoms with van der Waals surface area (Å²) in [7, 11) is 0. The van der Waals surface area contributed by atoms with Crippen LogP contribution in [-0.4, -0.2) is 20.8 Å². The summed E-state index contributed by atoms with van der Waals surface area (Å²) >= 11 is 0. The number of amides is 1. The summed E-state index contributed by atoms with van der Waals surface area (Å²) in [5.74, 6) is -0.373. The van der Waals surface area contributed by atoms with Crippen molar-refractivity contribution in [3.63, 3.8) is 0 Å². The summed E-state index contributed by atoms with van der Waals surface area (Å²) in [4.78, 5) is 16.5. The first-order chi connectivity index (χ1) is 16.0. The van der Waals surface area contributed by atoms with Gasteiger partial charge >= 0.3 is 0 Å². The number of carbonyl (C=O) groups is 1. The molecule has 1 amide bonds. The number of rotatable bonds is 5. The Hall–Kier alpha value is -4.72. The van der Waals surface area contributed by atoms with Crippen LogP contribution in [0.4, 0.5) is 11.4 Å². The standard InChI is InChI=1S/C26H19N5O2/c1-17-12-24(31(30-17)23-11-5-9-21(15-23)28-2)26(33)29-22-10-4-8-20(14-22)25(32)19-7-3-6-18(13-19)16-27/h3-15,25,32H,1H3,(H,29,33). The average molecular weight is 433 g/mol. The maximum absolute atomic E-state index is 13.1. The molecule has 0 aliphatic rings. The minimum atomic E-state index is -0.945. The van der Waals surface area contributed by atoms with E-state index in [4.69, 9.17) is 11.8 Å². The van der Waals surface area contributed by atoms with E-state index in [9.17, 15) is 9.90 Å². The Bertz CT molecular complexity index is 1430. The predicted octanol–water partition coefficient (Wildman–Crippen LogP) is 4.94. The van der Waals surface area contributed by atoms with E-state index < -0.39 is 6.10 Å². The lowest BCUT2D eigenvalue weighted by Gasteiger charge is -2.14. The zero-order valence-corrected chi connectivity index (χ0v) is 17.7. The lowest BCUT2D eigenvalue weighted by molar-refractivity contribution is 0.101. The van der Waals surface area contributed by atoms with E-state index >= 15 is 0 Å². The molecule has 1 atom stereocenters. The van der Waals surface area contributed by atoms with Crippen LogP contribution in [0, 0.1) is 24.8 Å². The molecule has 0 saturated carbocycles. The van der Waals surface area contributed by atoms with Gasteiger partial charge in [0.05, 0.1) is 29.6 Å². The SMILES string of the molecule is [C-]#[N+]c1cccc(-n2nc(C)cc2C(=O)Nc2cccc(C(O)c3cccc(C#N)c3)c2)c1. The van der Waals surface area contributed by atoms with E-state index in [1.54, 1.807) is 85.8 Å². The molecule has 160 valence electrons. The predicted molar refractivity (Wildman–Crippen MR) is 124 cm³/mol. The molecule has 3 aromatic carbocycles. The Kier molecular flexibility index (Phi) is 5.99. The number of nitrogens with one attached hydrogen (secondary N) is 1. The molecule has 7 nitrogen and oxygen atoms in total. The van der Waals surface area contributed by atoms with Crippen LogP contribution >= 0.6 is 0 Å². The van der Waals surface area contributed by atoms with Gasteiger partial charge in [-0.2, -0.15) is 10.4 Å². The quantitative estimate of drug-likeness (QED) is 0.436. The fraction of sp³-hybridized carbons (Fsp3) is 0.0769. The molecule has 0 saturated heterocycles. The van der Waals surface area contributed by atoms with Crippen LogP contribution in [0.15, 0.2) is 78.9 Å². The van der Waals surface area contributed by atoms with Crippen molar-refractivity contribution in [1.29, 1.82) is 5.26 Å². The smallest absolute Gasteiger partial charge is 0.274 e. The van der Waals surface area contributed by atoms with E-state index in [1.807, 2.05) is 0 Å². The van der Waals surface area contributed by atoms with Crippen LogP contribution in [0.25, 0.3) is 10.5 Å². The fourth-order valence-corrected chi connectivity index (χ4v) is 3.50. The minimum Gasteiger partial charge on any atom is -0.384 e. The molecule has 0 fully saturated rings. The van der Waals surface area contributed by atoms with Gasteiger partial charge in [-0.15, -0.1) is 0 Å². The molecule has 7 heteroatoms. The van der Waals surface area contributed by atoms with Crippen LogP contribution < -0.4 is 5.32 Å². The number of hydrogen-bond donors (Lipinski definition) is 2. The molecule has 2 N–H and O–H groups in total. The van der Waals surface area contributed by atoms with E-state index in [0.717, 1.165) is 0 Å². The molecule has 0 spiro atoms. The van der Waals surface area contributed by atoms with Crippen molar-refractivity contribution in [3.8, 4) is 11.8 Å². The van der Waals surface area contributed by atoms with Crippen molar-refractivity contribution in [3.05, 3.63) is 118 Å². The van der Waals surface area contributed by atoms with Crippen LogP contribution in [0.3, 0.4) is 0 Å².